The van der Waals surface area contributed by atoms with E-state index in [1.54, 1.807) is 12.1 Å². The van der Waals surface area contributed by atoms with Gasteiger partial charge in [-0.2, -0.15) is 0 Å². The number of benzene rings is 1. The Morgan fingerprint density at radius 3 is 2.57 bits per heavy atom. The van der Waals surface area contributed by atoms with E-state index in [9.17, 15) is 8.42 Å². The van der Waals surface area contributed by atoms with Gasteiger partial charge in [-0.05, 0) is 30.2 Å². The molecule has 0 aliphatic carbocycles. The molecule has 0 amide bonds. The summed E-state index contributed by atoms with van der Waals surface area (Å²) < 4.78 is 31.4. The van der Waals surface area contributed by atoms with Gasteiger partial charge < -0.3 is 10.5 Å². The quantitative estimate of drug-likeness (QED) is 0.389. The van der Waals surface area contributed by atoms with Crippen LogP contribution in [0.15, 0.2) is 29.2 Å². The summed E-state index contributed by atoms with van der Waals surface area (Å²) in [7, 11) is -3.24. The highest BCUT2D eigenvalue weighted by Gasteiger charge is 2.09. The fourth-order valence-corrected chi connectivity index (χ4v) is 3.81. The molecule has 120 valence electrons. The Hall–Kier alpha value is -0.760. The molecule has 0 spiro atoms. The molecule has 0 fully saturated rings. The summed E-state index contributed by atoms with van der Waals surface area (Å²) in [5.41, 5.74) is 6.30. The topological polar surface area (TPSA) is 81.4 Å². The van der Waals surface area contributed by atoms with Crippen LogP contribution in [0.25, 0.3) is 0 Å². The van der Waals surface area contributed by atoms with E-state index in [-0.39, 0.29) is 5.75 Å². The second-order valence-corrected chi connectivity index (χ2v) is 8.19. The Balaban J connectivity index is 2.19. The van der Waals surface area contributed by atoms with Crippen molar-refractivity contribution in [2.24, 2.45) is 5.92 Å². The van der Waals surface area contributed by atoms with E-state index in [1.807, 2.05) is 12.1 Å². The van der Waals surface area contributed by atoms with Crippen molar-refractivity contribution in [3.63, 3.8) is 0 Å². The number of ether oxygens (including phenoxy) is 1. The number of nitrogen functional groups attached to an aromatic ring is 1. The molecule has 3 N–H and O–H groups in total. The van der Waals surface area contributed by atoms with E-state index in [0.717, 1.165) is 4.90 Å². The minimum atomic E-state index is -3.24. The molecule has 0 aromatic heterocycles. The SMILES string of the molecule is CC(C)COCCNS(=O)(=O)CCSc1ccc(N)cc1. The molecule has 1 aromatic carbocycles. The van der Waals surface area contributed by atoms with Gasteiger partial charge in [0.15, 0.2) is 0 Å². The lowest BCUT2D eigenvalue weighted by Crippen LogP contribution is -2.30. The average Bonchev–Trinajstić information content (AvgIpc) is 2.40. The van der Waals surface area contributed by atoms with Gasteiger partial charge in [0.1, 0.15) is 0 Å². The fraction of sp³-hybridized carbons (Fsp3) is 0.571. The maximum Gasteiger partial charge on any atom is 0.212 e. The van der Waals surface area contributed by atoms with Crippen LogP contribution in [-0.2, 0) is 14.8 Å². The first-order valence-electron chi connectivity index (χ1n) is 6.92. The molecule has 21 heavy (non-hydrogen) atoms. The molecule has 0 saturated carbocycles. The second kappa shape index (κ2) is 9.30. The molecule has 0 saturated heterocycles. The van der Waals surface area contributed by atoms with Crippen LogP contribution in [0.1, 0.15) is 13.8 Å². The van der Waals surface area contributed by atoms with Crippen molar-refractivity contribution >= 4 is 27.5 Å². The van der Waals surface area contributed by atoms with Crippen molar-refractivity contribution in [3.05, 3.63) is 24.3 Å². The molecular formula is C14H24N2O3S2. The number of nitrogens with one attached hydrogen (secondary N) is 1. The molecule has 1 aromatic rings. The highest BCUT2D eigenvalue weighted by molar-refractivity contribution is 8.00. The highest BCUT2D eigenvalue weighted by Crippen LogP contribution is 2.19. The first kappa shape index (κ1) is 18.3. The van der Waals surface area contributed by atoms with Gasteiger partial charge in [0.2, 0.25) is 10.0 Å². The van der Waals surface area contributed by atoms with E-state index in [1.165, 1.54) is 11.8 Å². The maximum absolute atomic E-state index is 11.8. The number of hydrogen-bond donors (Lipinski definition) is 2. The van der Waals surface area contributed by atoms with Crippen LogP contribution in [0.5, 0.6) is 0 Å². The summed E-state index contributed by atoms with van der Waals surface area (Å²) in [5, 5.41) is 0. The van der Waals surface area contributed by atoms with E-state index in [4.69, 9.17) is 10.5 Å². The number of rotatable bonds is 10. The van der Waals surface area contributed by atoms with Gasteiger partial charge in [0, 0.05) is 29.5 Å². The zero-order chi connectivity index (χ0) is 15.7. The average molecular weight is 332 g/mol. The number of nitrogens with two attached hydrogens (primary N) is 1. The van der Waals surface area contributed by atoms with Crippen molar-refractivity contribution in [3.8, 4) is 0 Å². The first-order chi connectivity index (χ1) is 9.89. The van der Waals surface area contributed by atoms with Gasteiger partial charge >= 0.3 is 0 Å². The fourth-order valence-electron chi connectivity index (χ4n) is 1.49. The molecule has 0 radical (unpaired) electrons. The van der Waals surface area contributed by atoms with Gasteiger partial charge in [-0.25, -0.2) is 13.1 Å². The normalized spacial score (nSPS) is 12.0. The van der Waals surface area contributed by atoms with Crippen LogP contribution in [0, 0.1) is 5.92 Å². The minimum absolute atomic E-state index is 0.0895. The predicted molar refractivity (Wildman–Crippen MR) is 89.0 cm³/mol. The van der Waals surface area contributed by atoms with Crippen molar-refractivity contribution in [2.75, 3.05) is 37.0 Å². The third-order valence-corrected chi connectivity index (χ3v) is 5.18. The summed E-state index contributed by atoms with van der Waals surface area (Å²) in [6.07, 6.45) is 0. The summed E-state index contributed by atoms with van der Waals surface area (Å²) in [6.45, 7) is 5.48. The molecular weight excluding hydrogens is 308 g/mol. The number of anilines is 1. The Morgan fingerprint density at radius 1 is 1.29 bits per heavy atom. The van der Waals surface area contributed by atoms with Crippen LogP contribution >= 0.6 is 11.8 Å². The zero-order valence-electron chi connectivity index (χ0n) is 12.5. The summed E-state index contributed by atoms with van der Waals surface area (Å²) >= 11 is 1.50. The Kier molecular flexibility index (Phi) is 8.10. The Labute approximate surface area is 131 Å². The summed E-state index contributed by atoms with van der Waals surface area (Å²) in [4.78, 5) is 1.01. The Morgan fingerprint density at radius 2 is 1.95 bits per heavy atom. The van der Waals surface area contributed by atoms with Gasteiger partial charge in [-0.1, -0.05) is 13.8 Å². The van der Waals surface area contributed by atoms with Crippen LogP contribution in [0.4, 0.5) is 5.69 Å². The largest absolute Gasteiger partial charge is 0.399 e. The van der Waals surface area contributed by atoms with Gasteiger partial charge in [0.25, 0.3) is 0 Å². The Bertz CT molecular complexity index is 501. The van der Waals surface area contributed by atoms with Gasteiger partial charge in [-0.3, -0.25) is 0 Å². The molecule has 5 nitrogen and oxygen atoms in total. The third kappa shape index (κ3) is 8.98. The second-order valence-electron chi connectivity index (χ2n) is 5.10. The molecule has 0 aliphatic heterocycles. The maximum atomic E-state index is 11.8. The summed E-state index contributed by atoms with van der Waals surface area (Å²) in [6, 6.07) is 7.39. The lowest BCUT2D eigenvalue weighted by atomic mass is 10.2. The molecule has 0 bridgehead atoms. The van der Waals surface area contributed by atoms with Crippen molar-refractivity contribution in [2.45, 2.75) is 18.7 Å². The standard InChI is InChI=1S/C14H24N2O3S2/c1-12(2)11-19-8-7-16-21(17,18)10-9-20-14-5-3-13(15)4-6-14/h3-6,12,16H,7-11,15H2,1-2H3. The van der Waals surface area contributed by atoms with Gasteiger partial charge in [0.05, 0.1) is 12.4 Å². The smallest absolute Gasteiger partial charge is 0.212 e. The molecule has 0 atom stereocenters. The number of hydrogen-bond acceptors (Lipinski definition) is 5. The van der Waals surface area contributed by atoms with Crippen molar-refractivity contribution < 1.29 is 13.2 Å². The molecule has 7 heteroatoms. The van der Waals surface area contributed by atoms with Gasteiger partial charge in [-0.15, -0.1) is 11.8 Å². The monoisotopic (exact) mass is 332 g/mol. The molecule has 1 rings (SSSR count). The predicted octanol–water partition coefficient (Wildman–Crippen LogP) is 1.95. The molecule has 0 aliphatic rings. The van der Waals surface area contributed by atoms with E-state index >= 15 is 0 Å². The zero-order valence-corrected chi connectivity index (χ0v) is 14.2. The number of thioether (sulfide) groups is 1. The molecule has 0 unspecified atom stereocenters. The lowest BCUT2D eigenvalue weighted by Gasteiger charge is -2.09. The third-order valence-electron chi connectivity index (χ3n) is 2.52. The first-order valence-corrected chi connectivity index (χ1v) is 9.56. The van der Waals surface area contributed by atoms with Crippen molar-refractivity contribution in [1.82, 2.24) is 4.72 Å². The van der Waals surface area contributed by atoms with Crippen LogP contribution < -0.4 is 10.5 Å². The van der Waals surface area contributed by atoms with E-state index < -0.39 is 10.0 Å². The van der Waals surface area contributed by atoms with Crippen LogP contribution in [-0.4, -0.2) is 39.7 Å². The number of sulfonamides is 1. The lowest BCUT2D eigenvalue weighted by molar-refractivity contribution is 0.114. The minimum Gasteiger partial charge on any atom is -0.399 e. The van der Waals surface area contributed by atoms with Crippen molar-refractivity contribution in [1.29, 1.82) is 0 Å². The van der Waals surface area contributed by atoms with Crippen LogP contribution in [0.3, 0.4) is 0 Å². The van der Waals surface area contributed by atoms with E-state index in [0.29, 0.717) is 37.1 Å². The summed E-state index contributed by atoms with van der Waals surface area (Å²) in [5.74, 6) is 1.05. The highest BCUT2D eigenvalue weighted by atomic mass is 32.2. The molecule has 0 heterocycles. The van der Waals surface area contributed by atoms with E-state index in [2.05, 4.69) is 18.6 Å². The van der Waals surface area contributed by atoms with Crippen LogP contribution in [0.2, 0.25) is 0 Å².